The van der Waals surface area contributed by atoms with Gasteiger partial charge in [0.25, 0.3) is 0 Å². The van der Waals surface area contributed by atoms with Crippen LogP contribution in [0.15, 0.2) is 58.4 Å². The maximum Gasteiger partial charge on any atom is 0.240 e. The number of methoxy groups -OCH3 is 1. The third kappa shape index (κ3) is 9.17. The number of guanidine groups is 1. The molecule has 0 aliphatic heterocycles. The van der Waals surface area contributed by atoms with Crippen LogP contribution in [0.25, 0.3) is 0 Å². The van der Waals surface area contributed by atoms with Crippen molar-refractivity contribution in [2.45, 2.75) is 24.9 Å². The highest BCUT2D eigenvalue weighted by Crippen LogP contribution is 2.12. The molecule has 2 aromatic carbocycles. The van der Waals surface area contributed by atoms with Crippen LogP contribution in [0, 0.1) is 0 Å². The quantitative estimate of drug-likeness (QED) is 0.178. The first kappa shape index (κ1) is 26.6. The van der Waals surface area contributed by atoms with Crippen molar-refractivity contribution in [3.8, 4) is 0 Å². The lowest BCUT2D eigenvalue weighted by Gasteiger charge is -2.12. The summed E-state index contributed by atoms with van der Waals surface area (Å²) in [6.45, 7) is 4.29. The van der Waals surface area contributed by atoms with Crippen LogP contribution in [0.4, 0.5) is 0 Å². The first-order chi connectivity index (χ1) is 13.9. The van der Waals surface area contributed by atoms with Crippen molar-refractivity contribution in [1.29, 1.82) is 0 Å². The fourth-order valence-electron chi connectivity index (χ4n) is 2.48. The lowest BCUT2D eigenvalue weighted by atomic mass is 10.2. The standard InChI is InChI=1S/C20H27ClN4O3S.HI/c1-3-22-20(24-15-17-5-4-6-18(21)13-17)23-14-16-7-9-19(10-8-16)29(26,27)25-11-12-28-2;/h4-10,13,25H,3,11-12,14-15H2,1-2H3,(H2,22,23,24);1H. The number of benzene rings is 2. The first-order valence-electron chi connectivity index (χ1n) is 9.28. The van der Waals surface area contributed by atoms with Crippen molar-refractivity contribution >= 4 is 51.6 Å². The van der Waals surface area contributed by atoms with Crippen LogP contribution in [0.5, 0.6) is 0 Å². The third-order valence-electron chi connectivity index (χ3n) is 3.94. The highest BCUT2D eigenvalue weighted by molar-refractivity contribution is 14.0. The van der Waals surface area contributed by atoms with Gasteiger partial charge >= 0.3 is 0 Å². The largest absolute Gasteiger partial charge is 0.383 e. The van der Waals surface area contributed by atoms with E-state index in [4.69, 9.17) is 16.3 Å². The number of aliphatic imine (C=N–C) groups is 1. The second kappa shape index (κ2) is 13.8. The van der Waals surface area contributed by atoms with Crippen LogP contribution in [-0.4, -0.2) is 41.2 Å². The number of sulfonamides is 1. The third-order valence-corrected chi connectivity index (χ3v) is 5.66. The maximum absolute atomic E-state index is 12.2. The molecule has 10 heteroatoms. The summed E-state index contributed by atoms with van der Waals surface area (Å²) < 4.78 is 31.7. The molecule has 0 spiro atoms. The fraction of sp³-hybridized carbons (Fsp3) is 0.350. The molecule has 0 radical (unpaired) electrons. The Balaban J connectivity index is 0.00000450. The minimum Gasteiger partial charge on any atom is -0.383 e. The van der Waals surface area contributed by atoms with Crippen LogP contribution in [-0.2, 0) is 27.8 Å². The van der Waals surface area contributed by atoms with E-state index in [1.54, 1.807) is 24.3 Å². The molecule has 2 rings (SSSR count). The summed E-state index contributed by atoms with van der Waals surface area (Å²) in [6.07, 6.45) is 0. The minimum atomic E-state index is -3.53. The molecular weight excluding hydrogens is 539 g/mol. The smallest absolute Gasteiger partial charge is 0.240 e. The Morgan fingerprint density at radius 1 is 1.10 bits per heavy atom. The van der Waals surface area contributed by atoms with Crippen molar-refractivity contribution in [3.63, 3.8) is 0 Å². The first-order valence-corrected chi connectivity index (χ1v) is 11.1. The number of hydrogen-bond donors (Lipinski definition) is 3. The van der Waals surface area contributed by atoms with Gasteiger partial charge in [0.1, 0.15) is 0 Å². The van der Waals surface area contributed by atoms with Gasteiger partial charge in [-0.2, -0.15) is 0 Å². The van der Waals surface area contributed by atoms with E-state index in [9.17, 15) is 8.42 Å². The zero-order valence-corrected chi connectivity index (χ0v) is 20.9. The Bertz CT molecular complexity index is 909. The molecule has 0 aromatic heterocycles. The Morgan fingerprint density at radius 3 is 2.47 bits per heavy atom. The van der Waals surface area contributed by atoms with Gasteiger partial charge in [-0.05, 0) is 42.3 Å². The molecule has 0 aliphatic carbocycles. The van der Waals surface area contributed by atoms with Gasteiger partial charge in [-0.25, -0.2) is 18.1 Å². The summed E-state index contributed by atoms with van der Waals surface area (Å²) in [4.78, 5) is 4.78. The van der Waals surface area contributed by atoms with Crippen LogP contribution in [0.2, 0.25) is 5.02 Å². The molecule has 30 heavy (non-hydrogen) atoms. The van der Waals surface area contributed by atoms with E-state index in [-0.39, 0.29) is 35.4 Å². The minimum absolute atomic E-state index is 0. The average molecular weight is 567 g/mol. The SMILES string of the molecule is CCNC(=NCc1cccc(Cl)c1)NCc1ccc(S(=O)(=O)NCCOC)cc1.I. The number of halogens is 2. The highest BCUT2D eigenvalue weighted by atomic mass is 127. The van der Waals surface area contributed by atoms with Crippen molar-refractivity contribution in [2.24, 2.45) is 4.99 Å². The van der Waals surface area contributed by atoms with Gasteiger partial charge in [0.2, 0.25) is 10.0 Å². The fourth-order valence-corrected chi connectivity index (χ4v) is 3.71. The summed E-state index contributed by atoms with van der Waals surface area (Å²) >= 11 is 6.01. The van der Waals surface area contributed by atoms with Gasteiger partial charge in [0.05, 0.1) is 18.0 Å². The van der Waals surface area contributed by atoms with Crippen molar-refractivity contribution < 1.29 is 13.2 Å². The van der Waals surface area contributed by atoms with Crippen LogP contribution in [0.1, 0.15) is 18.1 Å². The number of rotatable bonds is 10. The van der Waals surface area contributed by atoms with Crippen molar-refractivity contribution in [1.82, 2.24) is 15.4 Å². The Labute approximate surface area is 200 Å². The zero-order valence-electron chi connectivity index (χ0n) is 17.0. The lowest BCUT2D eigenvalue weighted by molar-refractivity contribution is 0.204. The van der Waals surface area contributed by atoms with E-state index in [2.05, 4.69) is 20.3 Å². The van der Waals surface area contributed by atoms with E-state index in [0.29, 0.717) is 30.7 Å². The van der Waals surface area contributed by atoms with Gasteiger partial charge in [0, 0.05) is 31.8 Å². The molecule has 0 saturated carbocycles. The summed E-state index contributed by atoms with van der Waals surface area (Å²) in [5, 5.41) is 7.12. The maximum atomic E-state index is 12.2. The molecule has 0 saturated heterocycles. The highest BCUT2D eigenvalue weighted by Gasteiger charge is 2.12. The summed E-state index contributed by atoms with van der Waals surface area (Å²) in [5.74, 6) is 0.672. The van der Waals surface area contributed by atoms with Gasteiger partial charge in [-0.3, -0.25) is 0 Å². The number of ether oxygens (including phenoxy) is 1. The lowest BCUT2D eigenvalue weighted by Crippen LogP contribution is -2.36. The topological polar surface area (TPSA) is 91.8 Å². The molecule has 0 atom stereocenters. The Kier molecular flexibility index (Phi) is 12.3. The van der Waals surface area contributed by atoms with Gasteiger partial charge in [-0.15, -0.1) is 24.0 Å². The van der Waals surface area contributed by atoms with Gasteiger partial charge in [-0.1, -0.05) is 35.9 Å². The summed E-state index contributed by atoms with van der Waals surface area (Å²) in [7, 11) is -2.01. The summed E-state index contributed by atoms with van der Waals surface area (Å²) in [6, 6.07) is 14.3. The molecule has 0 unspecified atom stereocenters. The molecule has 0 amide bonds. The van der Waals surface area contributed by atoms with E-state index in [1.165, 1.54) is 7.11 Å². The molecular formula is C20H28ClIN4O3S. The van der Waals surface area contributed by atoms with Crippen LogP contribution in [0.3, 0.4) is 0 Å². The second-order valence-electron chi connectivity index (χ2n) is 6.21. The van der Waals surface area contributed by atoms with E-state index in [0.717, 1.165) is 17.7 Å². The zero-order chi connectivity index (χ0) is 21.1. The normalized spacial score (nSPS) is 11.6. The summed E-state index contributed by atoms with van der Waals surface area (Å²) in [5.41, 5.74) is 1.96. The Hall–Kier alpha value is -1.40. The monoisotopic (exact) mass is 566 g/mol. The molecule has 7 nitrogen and oxygen atoms in total. The van der Waals surface area contributed by atoms with Gasteiger partial charge < -0.3 is 15.4 Å². The molecule has 2 aromatic rings. The molecule has 0 bridgehead atoms. The van der Waals surface area contributed by atoms with E-state index < -0.39 is 10.0 Å². The van der Waals surface area contributed by atoms with Gasteiger partial charge in [0.15, 0.2) is 5.96 Å². The number of hydrogen-bond acceptors (Lipinski definition) is 4. The predicted octanol–water partition coefficient (Wildman–Crippen LogP) is 3.14. The molecule has 0 aliphatic rings. The van der Waals surface area contributed by atoms with Crippen molar-refractivity contribution in [2.75, 3.05) is 26.8 Å². The van der Waals surface area contributed by atoms with Crippen molar-refractivity contribution in [3.05, 3.63) is 64.7 Å². The van der Waals surface area contributed by atoms with E-state index >= 15 is 0 Å². The molecule has 0 heterocycles. The van der Waals surface area contributed by atoms with Crippen LogP contribution >= 0.6 is 35.6 Å². The number of nitrogens with zero attached hydrogens (tertiary/aromatic N) is 1. The average Bonchev–Trinajstić information content (AvgIpc) is 2.70. The molecule has 0 fully saturated rings. The van der Waals surface area contributed by atoms with E-state index in [1.807, 2.05) is 31.2 Å². The molecule has 166 valence electrons. The Morgan fingerprint density at radius 2 is 1.83 bits per heavy atom. The predicted molar refractivity (Wildman–Crippen MR) is 132 cm³/mol. The second-order valence-corrected chi connectivity index (χ2v) is 8.42. The van der Waals surface area contributed by atoms with Crippen LogP contribution < -0.4 is 15.4 Å². The number of nitrogens with one attached hydrogen (secondary N) is 3. The molecule has 3 N–H and O–H groups in total.